The van der Waals surface area contributed by atoms with Crippen molar-refractivity contribution in [3.63, 3.8) is 0 Å². The number of H-pyrrole nitrogens is 2. The first-order valence-electron chi connectivity index (χ1n) is 24.0. The molecule has 0 saturated carbocycles. The van der Waals surface area contributed by atoms with Gasteiger partial charge in [-0.2, -0.15) is 0 Å². The van der Waals surface area contributed by atoms with E-state index >= 15 is 0 Å². The van der Waals surface area contributed by atoms with Crippen LogP contribution >= 0.6 is 11.8 Å². The number of aryl methyl sites for hydroxylation is 3. The van der Waals surface area contributed by atoms with Crippen molar-refractivity contribution >= 4 is 92.0 Å². The van der Waals surface area contributed by atoms with E-state index in [-0.39, 0.29) is 53.9 Å². The summed E-state index contributed by atoms with van der Waals surface area (Å²) in [6.07, 6.45) is -3.88. The molecule has 0 unspecified atom stereocenters. The summed E-state index contributed by atoms with van der Waals surface area (Å²) in [6.45, 7) is 18.1. The van der Waals surface area contributed by atoms with Gasteiger partial charge in [-0.05, 0) is 80.5 Å². The Morgan fingerprint density at radius 1 is 0.795 bits per heavy atom. The van der Waals surface area contributed by atoms with E-state index in [4.69, 9.17) is 47.9 Å². The molecule has 0 spiro atoms. The van der Waals surface area contributed by atoms with Gasteiger partial charge in [0.15, 0.2) is 29.7 Å². The number of methoxy groups -OCH3 is 2. The summed E-state index contributed by atoms with van der Waals surface area (Å²) in [4.78, 5) is 107. The average Bonchev–Trinajstić information content (AvgIpc) is 4.02. The first kappa shape index (κ1) is 55.7. The summed E-state index contributed by atoms with van der Waals surface area (Å²) in [5.41, 5.74) is 10.3. The molecule has 73 heavy (non-hydrogen) atoms. The topological polar surface area (TPSA) is 251 Å². The zero-order valence-corrected chi connectivity index (χ0v) is 44.0. The van der Waals surface area contributed by atoms with Crippen LogP contribution in [-0.2, 0) is 84.3 Å². The number of ether oxygens (including phenoxy) is 8. The maximum Gasteiger partial charge on any atom is 0.340 e. The van der Waals surface area contributed by atoms with Crippen molar-refractivity contribution in [1.82, 2.24) is 19.9 Å². The van der Waals surface area contributed by atoms with E-state index in [2.05, 4.69) is 36.5 Å². The predicted octanol–water partition coefficient (Wildman–Crippen LogP) is 7.37. The Hall–Kier alpha value is -6.64. The van der Waals surface area contributed by atoms with E-state index < -0.39 is 79.0 Å². The zero-order chi connectivity index (χ0) is 53.4. The van der Waals surface area contributed by atoms with Crippen LogP contribution in [0.5, 0.6) is 0 Å². The molecule has 8 bridgehead atoms. The SMILES string of the molecule is C=Cc1c(C)c2cc3nc(c(CC(=O)SCCCO[C@@H]4O[C@H](COC(C)=O)[C@@H](OC(C)=O)[C@H](OC(C)=O)[C@H]4OC(C)=O)c4nc(cc5[nH]c(cc1[nH]2)c(C)c5CC)C(C)=C4C(=O)OC)[C@@H](CCC(=O)OC)[C@@H]3C. The lowest BCUT2D eigenvalue weighted by molar-refractivity contribution is -0.308. The zero-order valence-electron chi connectivity index (χ0n) is 43.1. The lowest BCUT2D eigenvalue weighted by Crippen LogP contribution is -2.63. The third-order valence-corrected chi connectivity index (χ3v) is 14.1. The maximum absolute atomic E-state index is 14.4. The van der Waals surface area contributed by atoms with E-state index in [1.165, 1.54) is 21.1 Å². The average molecular weight is 1030 g/mol. The molecule has 1 fully saturated rings. The minimum Gasteiger partial charge on any atom is -0.469 e. The molecular formula is C53H64N4O15S. The van der Waals surface area contributed by atoms with E-state index in [0.717, 1.165) is 76.9 Å². The van der Waals surface area contributed by atoms with Gasteiger partial charge in [0.05, 0.1) is 43.5 Å². The summed E-state index contributed by atoms with van der Waals surface area (Å²) in [6, 6.07) is 5.94. The highest BCUT2D eigenvalue weighted by atomic mass is 32.2. The number of aromatic amines is 2. The Morgan fingerprint density at radius 3 is 2.08 bits per heavy atom. The number of carbonyl (C=O) groups is 7. The van der Waals surface area contributed by atoms with E-state index in [1.54, 1.807) is 6.92 Å². The molecule has 7 atom stereocenters. The first-order chi connectivity index (χ1) is 34.7. The third-order valence-electron chi connectivity index (χ3n) is 13.1. The van der Waals surface area contributed by atoms with Gasteiger partial charge in [0.25, 0.3) is 0 Å². The quantitative estimate of drug-likeness (QED) is 0.0716. The summed E-state index contributed by atoms with van der Waals surface area (Å²) >= 11 is 0.999. The lowest BCUT2D eigenvalue weighted by atomic mass is 9.84. The molecule has 392 valence electrons. The van der Waals surface area contributed by atoms with Gasteiger partial charge in [-0.1, -0.05) is 38.3 Å². The van der Waals surface area contributed by atoms with Crippen molar-refractivity contribution in [2.75, 3.05) is 33.2 Å². The second-order valence-electron chi connectivity index (χ2n) is 18.0. The lowest BCUT2D eigenvalue weighted by Gasteiger charge is -2.44. The van der Waals surface area contributed by atoms with Crippen molar-refractivity contribution in [2.24, 2.45) is 0 Å². The Balaban J connectivity index is 1.42. The number of aromatic nitrogens is 4. The second-order valence-corrected chi connectivity index (χ2v) is 19.1. The van der Waals surface area contributed by atoms with E-state index in [9.17, 15) is 33.6 Å². The molecule has 3 aliphatic rings. The Kier molecular flexibility index (Phi) is 18.6. The molecule has 0 amide bonds. The molecule has 3 aliphatic heterocycles. The molecule has 2 N–H and O–H groups in total. The number of rotatable bonds is 18. The minimum atomic E-state index is -1.41. The number of hydrogen-bond acceptors (Lipinski definition) is 18. The molecule has 0 aliphatic carbocycles. The number of esters is 6. The molecule has 3 aromatic heterocycles. The Bertz CT molecular complexity index is 2880. The monoisotopic (exact) mass is 1030 g/mol. The van der Waals surface area contributed by atoms with Crippen molar-refractivity contribution < 1.29 is 71.5 Å². The highest BCUT2D eigenvalue weighted by molar-refractivity contribution is 8.13. The van der Waals surface area contributed by atoms with Crippen molar-refractivity contribution in [1.29, 1.82) is 0 Å². The second kappa shape index (κ2) is 24.4. The first-order valence-corrected chi connectivity index (χ1v) is 25.0. The molecule has 6 rings (SSSR count). The van der Waals surface area contributed by atoms with Crippen LogP contribution in [-0.4, -0.2) is 125 Å². The van der Waals surface area contributed by atoms with Crippen LogP contribution in [0.25, 0.3) is 39.3 Å². The number of allylic oxidation sites excluding steroid dienone is 1. The van der Waals surface area contributed by atoms with E-state index in [1.807, 2.05) is 32.1 Å². The van der Waals surface area contributed by atoms with Gasteiger partial charge in [0.1, 0.15) is 12.7 Å². The van der Waals surface area contributed by atoms with Crippen LogP contribution in [0.3, 0.4) is 0 Å². The van der Waals surface area contributed by atoms with Crippen molar-refractivity contribution in [3.05, 3.63) is 75.4 Å². The van der Waals surface area contributed by atoms with Gasteiger partial charge in [-0.3, -0.25) is 33.8 Å². The Labute approximate surface area is 427 Å². The van der Waals surface area contributed by atoms with Crippen LogP contribution in [0, 0.1) is 13.8 Å². The van der Waals surface area contributed by atoms with Crippen molar-refractivity contribution in [3.8, 4) is 0 Å². The summed E-state index contributed by atoms with van der Waals surface area (Å²) in [5.74, 6) is -4.54. The molecule has 0 aromatic carbocycles. The fourth-order valence-electron chi connectivity index (χ4n) is 9.52. The Morgan fingerprint density at radius 2 is 1.45 bits per heavy atom. The van der Waals surface area contributed by atoms with Gasteiger partial charge in [0.2, 0.25) is 0 Å². The molecular weight excluding hydrogens is 965 g/mol. The maximum atomic E-state index is 14.4. The smallest absolute Gasteiger partial charge is 0.340 e. The van der Waals surface area contributed by atoms with Gasteiger partial charge in [-0.25, -0.2) is 9.78 Å². The van der Waals surface area contributed by atoms with Crippen molar-refractivity contribution in [2.45, 2.75) is 137 Å². The van der Waals surface area contributed by atoms with Crippen LogP contribution < -0.4 is 0 Å². The molecule has 20 heteroatoms. The number of hydrogen-bond donors (Lipinski definition) is 2. The number of nitrogens with zero attached hydrogens (tertiary/aromatic N) is 2. The van der Waals surface area contributed by atoms with Gasteiger partial charge in [-0.15, -0.1) is 0 Å². The molecule has 6 heterocycles. The predicted molar refractivity (Wildman–Crippen MR) is 271 cm³/mol. The normalized spacial score (nSPS) is 20.5. The molecule has 1 saturated heterocycles. The highest BCUT2D eigenvalue weighted by Gasteiger charge is 2.53. The van der Waals surface area contributed by atoms with Crippen LogP contribution in [0.15, 0.2) is 24.8 Å². The molecule has 19 nitrogen and oxygen atoms in total. The third kappa shape index (κ3) is 12.8. The summed E-state index contributed by atoms with van der Waals surface area (Å²) < 4.78 is 44.2. The largest absolute Gasteiger partial charge is 0.469 e. The van der Waals surface area contributed by atoms with Crippen LogP contribution in [0.2, 0.25) is 0 Å². The minimum absolute atomic E-state index is 0.0546. The van der Waals surface area contributed by atoms with E-state index in [0.29, 0.717) is 41.1 Å². The van der Waals surface area contributed by atoms with Crippen LogP contribution in [0.4, 0.5) is 0 Å². The van der Waals surface area contributed by atoms with Gasteiger partial charge in [0, 0.05) is 97.0 Å². The number of nitrogens with one attached hydrogen (secondary N) is 2. The standard InChI is InChI=1S/C53H64N4O15S/c1-13-33-25(3)37-21-39-27(5)35(16-17-44(62)65-11)47(56-39)36(48-46(52(64)66-12)28(6)40(57-48)23-42-34(14-2)26(4)38(55-42)22-41(33)54-37)20-45(63)73-19-15-18-67-53-51(71-32(10)61)50(70-31(9)60)49(69-30(8)59)43(72-53)24-68-29(7)58/h13,21-23,27,35,43,49-51,53-55H,1,14-20,24H2,2-12H3/t27-,35-,43+,49+,50-,51+,53+/m0/s1. The van der Waals surface area contributed by atoms with Crippen LogP contribution in [0.1, 0.15) is 130 Å². The fraction of sp³-hybridized carbons (Fsp3) is 0.491. The molecule has 3 aromatic rings. The summed E-state index contributed by atoms with van der Waals surface area (Å²) in [7, 11) is 2.61. The van der Waals surface area contributed by atoms with Gasteiger partial charge < -0.3 is 47.9 Å². The number of carbonyl (C=O) groups excluding carboxylic acids is 7. The summed E-state index contributed by atoms with van der Waals surface area (Å²) in [5, 5.41) is -0.299. The highest BCUT2D eigenvalue weighted by Crippen LogP contribution is 2.44. The molecule has 0 radical (unpaired) electrons. The van der Waals surface area contributed by atoms with Gasteiger partial charge >= 0.3 is 35.8 Å². The fourth-order valence-corrected chi connectivity index (χ4v) is 10.3. The number of fused-ring (bicyclic) bond motifs is 8. The number of thioether (sulfide) groups is 1.